The van der Waals surface area contributed by atoms with Crippen molar-refractivity contribution in [3.63, 3.8) is 0 Å². The number of aromatic hydroxyl groups is 1. The van der Waals surface area contributed by atoms with Crippen LogP contribution in [0.1, 0.15) is 59.3 Å². The van der Waals surface area contributed by atoms with E-state index in [1.807, 2.05) is 13.8 Å². The maximum absolute atomic E-state index is 13.0. The highest BCUT2D eigenvalue weighted by Crippen LogP contribution is 2.40. The first-order chi connectivity index (χ1) is 11.9. The number of allylic oxidation sites excluding steroid dienone is 1. The summed E-state index contributed by atoms with van der Waals surface area (Å²) >= 11 is 0. The number of morpholine rings is 1. The summed E-state index contributed by atoms with van der Waals surface area (Å²) in [5.41, 5.74) is 5.62. The molecule has 0 radical (unpaired) electrons. The van der Waals surface area contributed by atoms with Crippen molar-refractivity contribution >= 4 is 24.3 Å². The number of ether oxygens (including phenoxy) is 1. The van der Waals surface area contributed by atoms with Crippen LogP contribution < -0.4 is 0 Å². The molecule has 1 N–H and O–H groups in total. The van der Waals surface area contributed by atoms with E-state index < -0.39 is 0 Å². The molecule has 0 amide bonds. The van der Waals surface area contributed by atoms with E-state index in [-0.39, 0.29) is 29.9 Å². The van der Waals surface area contributed by atoms with Crippen LogP contribution in [0.4, 0.5) is 0 Å². The molecule has 2 fully saturated rings. The highest BCUT2D eigenvalue weighted by Gasteiger charge is 2.35. The number of hydrogen-bond donors (Lipinski definition) is 1. The van der Waals surface area contributed by atoms with E-state index >= 15 is 0 Å². The lowest BCUT2D eigenvalue weighted by Crippen LogP contribution is -2.36. The van der Waals surface area contributed by atoms with Crippen LogP contribution in [-0.4, -0.2) is 42.1 Å². The van der Waals surface area contributed by atoms with Crippen LogP contribution >= 0.6 is 12.4 Å². The van der Waals surface area contributed by atoms with Gasteiger partial charge in [-0.25, -0.2) is 0 Å². The molecule has 4 nitrogen and oxygen atoms in total. The van der Waals surface area contributed by atoms with Crippen LogP contribution in [-0.2, 0) is 11.3 Å². The Balaban J connectivity index is 0.00000243. The minimum absolute atomic E-state index is 0. The van der Waals surface area contributed by atoms with Crippen molar-refractivity contribution in [2.45, 2.75) is 47.1 Å². The zero-order valence-corrected chi connectivity index (χ0v) is 17.0. The van der Waals surface area contributed by atoms with Gasteiger partial charge in [0, 0.05) is 36.7 Å². The fourth-order valence-corrected chi connectivity index (χ4v) is 3.63. The molecule has 5 heteroatoms. The van der Waals surface area contributed by atoms with E-state index in [0.717, 1.165) is 73.5 Å². The molecule has 0 aromatic heterocycles. The second-order valence-electron chi connectivity index (χ2n) is 7.61. The summed E-state index contributed by atoms with van der Waals surface area (Å²) in [6.45, 7) is 11.9. The van der Waals surface area contributed by atoms with E-state index in [9.17, 15) is 9.90 Å². The van der Waals surface area contributed by atoms with Crippen molar-refractivity contribution < 1.29 is 14.6 Å². The molecular formula is C21H30ClNO3. The molecule has 1 aromatic rings. The van der Waals surface area contributed by atoms with Crippen LogP contribution in [0.5, 0.6) is 5.75 Å². The third-order valence-corrected chi connectivity index (χ3v) is 5.23. The average Bonchev–Trinajstić information content (AvgIpc) is 3.42. The third kappa shape index (κ3) is 4.30. The van der Waals surface area contributed by atoms with E-state index in [2.05, 4.69) is 24.8 Å². The molecule has 1 saturated heterocycles. The fourth-order valence-electron chi connectivity index (χ4n) is 3.63. The first-order valence-corrected chi connectivity index (χ1v) is 9.24. The van der Waals surface area contributed by atoms with Gasteiger partial charge in [-0.1, -0.05) is 11.6 Å². The molecule has 0 atom stereocenters. The first kappa shape index (κ1) is 20.9. The molecule has 1 aromatic carbocycles. The maximum atomic E-state index is 13.0. The van der Waals surface area contributed by atoms with Gasteiger partial charge in [0.05, 0.1) is 13.2 Å². The third-order valence-electron chi connectivity index (χ3n) is 5.23. The molecule has 1 aliphatic carbocycles. The van der Waals surface area contributed by atoms with E-state index in [1.54, 1.807) is 0 Å². The number of carbonyl (C=O) groups is 1. The van der Waals surface area contributed by atoms with Gasteiger partial charge in [-0.3, -0.25) is 9.69 Å². The zero-order chi connectivity index (χ0) is 18.1. The van der Waals surface area contributed by atoms with Crippen molar-refractivity contribution in [3.8, 4) is 5.75 Å². The Kier molecular flexibility index (Phi) is 6.89. The average molecular weight is 380 g/mol. The summed E-state index contributed by atoms with van der Waals surface area (Å²) in [5.74, 6) is 0.616. The van der Waals surface area contributed by atoms with Crippen LogP contribution in [0, 0.1) is 19.8 Å². The Morgan fingerprint density at radius 3 is 2.35 bits per heavy atom. The molecule has 0 bridgehead atoms. The number of ketones is 1. The van der Waals surface area contributed by atoms with Gasteiger partial charge in [0.1, 0.15) is 5.75 Å². The molecular weight excluding hydrogens is 350 g/mol. The molecule has 1 saturated carbocycles. The Labute approximate surface area is 162 Å². The quantitative estimate of drug-likeness (QED) is 0.776. The van der Waals surface area contributed by atoms with Crippen molar-refractivity contribution in [2.24, 2.45) is 5.92 Å². The number of benzene rings is 1. The van der Waals surface area contributed by atoms with E-state index in [1.165, 1.54) is 5.57 Å². The SMILES string of the molecule is CC(C)=Cc1c(C)c(O)c(C)c(C(=O)C2CC2)c1CN1CCOCC1.Cl. The standard InChI is InChI=1S/C21H29NO3.ClH/c1-13(2)11-17-14(3)20(23)15(4)19(21(24)16-5-6-16)18(17)12-22-7-9-25-10-8-22;/h11,16,23H,5-10,12H2,1-4H3;1H. The number of phenolic OH excluding ortho intramolecular Hbond substituents is 1. The van der Waals surface area contributed by atoms with Crippen molar-refractivity contribution in [1.29, 1.82) is 0 Å². The Morgan fingerprint density at radius 1 is 1.19 bits per heavy atom. The van der Waals surface area contributed by atoms with Gasteiger partial charge in [-0.05, 0) is 57.2 Å². The monoisotopic (exact) mass is 379 g/mol. The van der Waals surface area contributed by atoms with Gasteiger partial charge in [0.2, 0.25) is 0 Å². The summed E-state index contributed by atoms with van der Waals surface area (Å²) < 4.78 is 5.46. The van der Waals surface area contributed by atoms with Crippen molar-refractivity contribution in [2.75, 3.05) is 26.3 Å². The van der Waals surface area contributed by atoms with Crippen LogP contribution in [0.2, 0.25) is 0 Å². The molecule has 0 spiro atoms. The predicted octanol–water partition coefficient (Wildman–Crippen LogP) is 4.28. The van der Waals surface area contributed by atoms with Crippen LogP contribution in [0.15, 0.2) is 5.57 Å². The number of hydrogen-bond acceptors (Lipinski definition) is 4. The zero-order valence-electron chi connectivity index (χ0n) is 16.2. The molecule has 26 heavy (non-hydrogen) atoms. The van der Waals surface area contributed by atoms with E-state index in [0.29, 0.717) is 0 Å². The Morgan fingerprint density at radius 2 is 1.81 bits per heavy atom. The lowest BCUT2D eigenvalue weighted by atomic mass is 9.87. The first-order valence-electron chi connectivity index (χ1n) is 9.24. The number of rotatable bonds is 5. The number of Topliss-reactive ketones (excluding diaryl/α,β-unsaturated/α-hetero) is 1. The van der Waals surface area contributed by atoms with Crippen LogP contribution in [0.25, 0.3) is 6.08 Å². The van der Waals surface area contributed by atoms with Gasteiger partial charge in [-0.2, -0.15) is 0 Å². The predicted molar refractivity (Wildman–Crippen MR) is 107 cm³/mol. The Bertz CT molecular complexity index is 713. The summed E-state index contributed by atoms with van der Waals surface area (Å²) in [6, 6.07) is 0. The van der Waals surface area contributed by atoms with Crippen LogP contribution in [0.3, 0.4) is 0 Å². The number of carbonyl (C=O) groups excluding carboxylic acids is 1. The molecule has 1 aliphatic heterocycles. The molecule has 0 unspecified atom stereocenters. The minimum atomic E-state index is 0. The number of phenols is 1. The second-order valence-corrected chi connectivity index (χ2v) is 7.61. The summed E-state index contributed by atoms with van der Waals surface area (Å²) in [5, 5.41) is 10.6. The van der Waals surface area contributed by atoms with E-state index in [4.69, 9.17) is 4.74 Å². The van der Waals surface area contributed by atoms with Gasteiger partial charge in [0.25, 0.3) is 0 Å². The minimum Gasteiger partial charge on any atom is -0.507 e. The highest BCUT2D eigenvalue weighted by molar-refractivity contribution is 6.03. The summed E-state index contributed by atoms with van der Waals surface area (Å²) in [7, 11) is 0. The normalized spacial score (nSPS) is 17.5. The smallest absolute Gasteiger partial charge is 0.166 e. The lowest BCUT2D eigenvalue weighted by Gasteiger charge is -2.29. The molecule has 2 aliphatic rings. The highest BCUT2D eigenvalue weighted by atomic mass is 35.5. The maximum Gasteiger partial charge on any atom is 0.166 e. The van der Waals surface area contributed by atoms with Crippen molar-refractivity contribution in [1.82, 2.24) is 4.90 Å². The number of nitrogens with zero attached hydrogens (tertiary/aromatic N) is 1. The number of halogens is 1. The van der Waals surface area contributed by atoms with Gasteiger partial charge < -0.3 is 9.84 Å². The Hall–Kier alpha value is -1.36. The lowest BCUT2D eigenvalue weighted by molar-refractivity contribution is 0.0340. The van der Waals surface area contributed by atoms with Gasteiger partial charge in [0.15, 0.2) is 5.78 Å². The van der Waals surface area contributed by atoms with Gasteiger partial charge >= 0.3 is 0 Å². The second kappa shape index (κ2) is 8.55. The molecule has 3 rings (SSSR count). The largest absolute Gasteiger partial charge is 0.507 e. The summed E-state index contributed by atoms with van der Waals surface area (Å²) in [4.78, 5) is 15.4. The van der Waals surface area contributed by atoms with Crippen molar-refractivity contribution in [3.05, 3.63) is 33.4 Å². The summed E-state index contributed by atoms with van der Waals surface area (Å²) in [6.07, 6.45) is 4.05. The molecule has 1 heterocycles. The fraction of sp³-hybridized carbons (Fsp3) is 0.571. The van der Waals surface area contributed by atoms with Gasteiger partial charge in [-0.15, -0.1) is 12.4 Å². The molecule has 144 valence electrons. The topological polar surface area (TPSA) is 49.8 Å².